The van der Waals surface area contributed by atoms with E-state index in [1.165, 1.54) is 32.5 Å². The highest BCUT2D eigenvalue weighted by Gasteiger charge is 2.20. The molecule has 2 N–H and O–H groups in total. The second-order valence-electron chi connectivity index (χ2n) is 7.17. The molecule has 0 radical (unpaired) electrons. The average molecular weight is 306 g/mol. The molecule has 1 unspecified atom stereocenters. The number of hydrogen-bond acceptors (Lipinski definition) is 2. The summed E-state index contributed by atoms with van der Waals surface area (Å²) in [5.74, 6) is 2.47. The molecule has 1 atom stereocenters. The van der Waals surface area contributed by atoms with E-state index in [4.69, 9.17) is 4.99 Å². The van der Waals surface area contributed by atoms with Crippen LogP contribution in [-0.4, -0.2) is 49.6 Å². The number of rotatable bonds is 6. The highest BCUT2D eigenvalue weighted by molar-refractivity contribution is 5.80. The molecule has 2 rings (SSSR count). The van der Waals surface area contributed by atoms with Gasteiger partial charge in [-0.25, -0.2) is 0 Å². The Balaban J connectivity index is 1.80. The molecule has 4 nitrogen and oxygen atoms in total. The zero-order valence-electron chi connectivity index (χ0n) is 14.6. The maximum atomic E-state index is 4.85. The summed E-state index contributed by atoms with van der Waals surface area (Å²) in [6.45, 7) is 12.3. The Morgan fingerprint density at radius 3 is 2.77 bits per heavy atom. The van der Waals surface area contributed by atoms with Crippen molar-refractivity contribution >= 4 is 5.96 Å². The number of aliphatic imine (C=N–C) groups is 1. The predicted molar refractivity (Wildman–Crippen MR) is 95.3 cm³/mol. The standard InChI is InChI=1S/C18H34N4/c1-4-19-18(21-17-9-5-6-10-17)20-12-16-8-7-11-22(14-16)13-15(2)3/h5-6,15-17H,4,7-14H2,1-3H3,(H2,19,20,21). The van der Waals surface area contributed by atoms with E-state index in [1.807, 2.05) is 0 Å². The Kier molecular flexibility index (Phi) is 7.23. The Hall–Kier alpha value is -1.03. The van der Waals surface area contributed by atoms with Crippen LogP contribution in [0.25, 0.3) is 0 Å². The minimum atomic E-state index is 0.529. The van der Waals surface area contributed by atoms with Gasteiger partial charge in [0.25, 0.3) is 0 Å². The first-order valence-electron chi connectivity index (χ1n) is 9.09. The molecule has 2 aliphatic rings. The van der Waals surface area contributed by atoms with Crippen molar-refractivity contribution in [3.05, 3.63) is 12.2 Å². The van der Waals surface area contributed by atoms with Crippen LogP contribution in [0.1, 0.15) is 46.5 Å². The first-order chi connectivity index (χ1) is 10.7. The Morgan fingerprint density at radius 1 is 1.32 bits per heavy atom. The van der Waals surface area contributed by atoms with Gasteiger partial charge < -0.3 is 15.5 Å². The highest BCUT2D eigenvalue weighted by Crippen LogP contribution is 2.18. The molecule has 0 amide bonds. The Morgan fingerprint density at radius 2 is 2.09 bits per heavy atom. The van der Waals surface area contributed by atoms with Gasteiger partial charge in [-0.05, 0) is 51.0 Å². The minimum absolute atomic E-state index is 0.529. The Bertz CT molecular complexity index is 367. The van der Waals surface area contributed by atoms with Gasteiger partial charge in [-0.15, -0.1) is 0 Å². The van der Waals surface area contributed by atoms with E-state index in [2.05, 4.69) is 48.5 Å². The van der Waals surface area contributed by atoms with E-state index < -0.39 is 0 Å². The quantitative estimate of drug-likeness (QED) is 0.450. The summed E-state index contributed by atoms with van der Waals surface area (Å²) in [4.78, 5) is 7.47. The Labute approximate surface area is 136 Å². The van der Waals surface area contributed by atoms with Crippen LogP contribution in [0, 0.1) is 11.8 Å². The number of likely N-dealkylation sites (tertiary alicyclic amines) is 1. The summed E-state index contributed by atoms with van der Waals surface area (Å²) in [5, 5.41) is 6.95. The fourth-order valence-electron chi connectivity index (χ4n) is 3.45. The van der Waals surface area contributed by atoms with E-state index in [9.17, 15) is 0 Å². The number of nitrogens with zero attached hydrogens (tertiary/aromatic N) is 2. The molecule has 0 aromatic rings. The molecule has 4 heteroatoms. The molecule has 0 aromatic heterocycles. The SMILES string of the molecule is CCNC(=NCC1CCCN(CC(C)C)C1)NC1CC=CC1. The van der Waals surface area contributed by atoms with Crippen molar-refractivity contribution in [2.24, 2.45) is 16.8 Å². The maximum absolute atomic E-state index is 4.85. The van der Waals surface area contributed by atoms with Crippen LogP contribution < -0.4 is 10.6 Å². The van der Waals surface area contributed by atoms with Gasteiger partial charge in [0, 0.05) is 32.2 Å². The van der Waals surface area contributed by atoms with Crippen LogP contribution in [0.15, 0.2) is 17.1 Å². The summed E-state index contributed by atoms with van der Waals surface area (Å²) in [5.41, 5.74) is 0. The van der Waals surface area contributed by atoms with E-state index in [-0.39, 0.29) is 0 Å². The molecule has 0 aromatic carbocycles. The van der Waals surface area contributed by atoms with Gasteiger partial charge >= 0.3 is 0 Å². The molecule has 1 fully saturated rings. The van der Waals surface area contributed by atoms with Crippen LogP contribution in [0.5, 0.6) is 0 Å². The first-order valence-corrected chi connectivity index (χ1v) is 9.09. The van der Waals surface area contributed by atoms with Crippen molar-refractivity contribution in [1.82, 2.24) is 15.5 Å². The predicted octanol–water partition coefficient (Wildman–Crippen LogP) is 2.63. The normalized spacial score (nSPS) is 24.2. The van der Waals surface area contributed by atoms with Crippen molar-refractivity contribution in [1.29, 1.82) is 0 Å². The molecule has 126 valence electrons. The summed E-state index contributed by atoms with van der Waals surface area (Å²) in [6, 6.07) is 0.529. The first kappa shape index (κ1) is 17.3. The zero-order chi connectivity index (χ0) is 15.8. The van der Waals surface area contributed by atoms with Gasteiger partial charge in [0.2, 0.25) is 0 Å². The second-order valence-corrected chi connectivity index (χ2v) is 7.17. The molecule has 22 heavy (non-hydrogen) atoms. The average Bonchev–Trinajstić information content (AvgIpc) is 2.98. The molecule has 1 heterocycles. The number of hydrogen-bond donors (Lipinski definition) is 2. The lowest BCUT2D eigenvalue weighted by Gasteiger charge is -2.33. The van der Waals surface area contributed by atoms with Crippen LogP contribution >= 0.6 is 0 Å². The fourth-order valence-corrected chi connectivity index (χ4v) is 3.45. The van der Waals surface area contributed by atoms with Crippen LogP contribution in [0.2, 0.25) is 0 Å². The monoisotopic (exact) mass is 306 g/mol. The largest absolute Gasteiger partial charge is 0.357 e. The summed E-state index contributed by atoms with van der Waals surface area (Å²) in [7, 11) is 0. The third-order valence-corrected chi connectivity index (χ3v) is 4.43. The third-order valence-electron chi connectivity index (χ3n) is 4.43. The minimum Gasteiger partial charge on any atom is -0.357 e. The van der Waals surface area contributed by atoms with Gasteiger partial charge in [-0.2, -0.15) is 0 Å². The summed E-state index contributed by atoms with van der Waals surface area (Å²) in [6.07, 6.45) is 9.40. The molecule has 0 saturated carbocycles. The second kappa shape index (κ2) is 9.19. The van der Waals surface area contributed by atoms with E-state index in [0.717, 1.165) is 37.8 Å². The van der Waals surface area contributed by atoms with Gasteiger partial charge in [0.05, 0.1) is 0 Å². The van der Waals surface area contributed by atoms with Crippen LogP contribution in [-0.2, 0) is 0 Å². The number of piperidine rings is 1. The lowest BCUT2D eigenvalue weighted by molar-refractivity contribution is 0.162. The number of guanidine groups is 1. The molecular formula is C18H34N4. The van der Waals surface area contributed by atoms with Gasteiger partial charge in [-0.1, -0.05) is 26.0 Å². The van der Waals surface area contributed by atoms with Crippen molar-refractivity contribution in [2.75, 3.05) is 32.7 Å². The van der Waals surface area contributed by atoms with Crippen molar-refractivity contribution < 1.29 is 0 Å². The summed E-state index contributed by atoms with van der Waals surface area (Å²) < 4.78 is 0. The molecular weight excluding hydrogens is 272 g/mol. The maximum Gasteiger partial charge on any atom is 0.191 e. The molecule has 1 aliphatic heterocycles. The molecule has 0 bridgehead atoms. The van der Waals surface area contributed by atoms with E-state index in [0.29, 0.717) is 12.0 Å². The molecule has 0 spiro atoms. The van der Waals surface area contributed by atoms with Crippen LogP contribution in [0.4, 0.5) is 0 Å². The third kappa shape index (κ3) is 5.99. The van der Waals surface area contributed by atoms with Crippen LogP contribution in [0.3, 0.4) is 0 Å². The lowest BCUT2D eigenvalue weighted by Crippen LogP contribution is -2.43. The topological polar surface area (TPSA) is 39.7 Å². The smallest absolute Gasteiger partial charge is 0.191 e. The molecule has 1 aliphatic carbocycles. The van der Waals surface area contributed by atoms with Gasteiger partial charge in [-0.3, -0.25) is 4.99 Å². The van der Waals surface area contributed by atoms with Gasteiger partial charge in [0.1, 0.15) is 0 Å². The molecule has 1 saturated heterocycles. The fraction of sp³-hybridized carbons (Fsp3) is 0.833. The van der Waals surface area contributed by atoms with Crippen molar-refractivity contribution in [3.63, 3.8) is 0 Å². The van der Waals surface area contributed by atoms with Crippen molar-refractivity contribution in [3.8, 4) is 0 Å². The lowest BCUT2D eigenvalue weighted by atomic mass is 9.97. The summed E-state index contributed by atoms with van der Waals surface area (Å²) >= 11 is 0. The number of nitrogens with one attached hydrogen (secondary N) is 2. The van der Waals surface area contributed by atoms with Crippen molar-refractivity contribution in [2.45, 2.75) is 52.5 Å². The zero-order valence-corrected chi connectivity index (χ0v) is 14.6. The van der Waals surface area contributed by atoms with Gasteiger partial charge in [0.15, 0.2) is 5.96 Å². The van der Waals surface area contributed by atoms with E-state index in [1.54, 1.807) is 0 Å². The van der Waals surface area contributed by atoms with E-state index >= 15 is 0 Å². The highest BCUT2D eigenvalue weighted by atomic mass is 15.2.